The van der Waals surface area contributed by atoms with Crippen LogP contribution in [0.1, 0.15) is 35.5 Å². The van der Waals surface area contributed by atoms with Crippen LogP contribution < -0.4 is 20.8 Å². The number of halogens is 3. The molecule has 0 saturated heterocycles. The van der Waals surface area contributed by atoms with Gasteiger partial charge in [-0.1, -0.05) is 6.07 Å². The van der Waals surface area contributed by atoms with Gasteiger partial charge in [0.25, 0.3) is 5.56 Å². The first-order chi connectivity index (χ1) is 14.1. The Morgan fingerprint density at radius 1 is 1.13 bits per heavy atom. The number of ether oxygens (including phenoxy) is 2. The monoisotopic (exact) mass is 421 g/mol. The molecule has 30 heavy (non-hydrogen) atoms. The van der Waals surface area contributed by atoms with Gasteiger partial charge in [0.05, 0.1) is 37.2 Å². The summed E-state index contributed by atoms with van der Waals surface area (Å²) in [6, 6.07) is 6.41. The highest BCUT2D eigenvalue weighted by Gasteiger charge is 2.35. The number of hydrogen-bond acceptors (Lipinski definition) is 5. The van der Waals surface area contributed by atoms with Crippen LogP contribution in [0.4, 0.5) is 13.2 Å². The number of aromatic nitrogens is 2. The summed E-state index contributed by atoms with van der Waals surface area (Å²) in [4.78, 5) is 17.4. The average Bonchev–Trinajstić information content (AvgIpc) is 2.69. The molecule has 0 aliphatic carbocycles. The summed E-state index contributed by atoms with van der Waals surface area (Å²) in [6.45, 7) is 3.19. The van der Waals surface area contributed by atoms with Crippen LogP contribution >= 0.6 is 0 Å². The first kappa shape index (κ1) is 21.6. The van der Waals surface area contributed by atoms with Crippen LogP contribution in [0.15, 0.2) is 35.1 Å². The van der Waals surface area contributed by atoms with Crippen LogP contribution in [0.2, 0.25) is 0 Å². The molecular formula is C21H22F3N3O3. The topological polar surface area (TPSA) is 79.4 Å². The van der Waals surface area contributed by atoms with Gasteiger partial charge in [0.15, 0.2) is 11.5 Å². The van der Waals surface area contributed by atoms with E-state index in [0.29, 0.717) is 17.3 Å². The van der Waals surface area contributed by atoms with E-state index < -0.39 is 23.3 Å². The summed E-state index contributed by atoms with van der Waals surface area (Å²) in [5.41, 5.74) is 5.02. The van der Waals surface area contributed by atoms with Gasteiger partial charge in [-0.25, -0.2) is 4.98 Å². The second-order valence-corrected chi connectivity index (χ2v) is 6.98. The fourth-order valence-corrected chi connectivity index (χ4v) is 3.37. The van der Waals surface area contributed by atoms with Crippen LogP contribution in [0.5, 0.6) is 11.5 Å². The van der Waals surface area contributed by atoms with E-state index in [0.717, 1.165) is 11.6 Å². The Bertz CT molecular complexity index is 1150. The molecule has 0 aliphatic rings. The van der Waals surface area contributed by atoms with Gasteiger partial charge in [0.2, 0.25) is 0 Å². The molecule has 0 saturated carbocycles. The molecule has 0 spiro atoms. The summed E-state index contributed by atoms with van der Waals surface area (Å²) in [5, 5.41) is 0.0846. The molecule has 0 aliphatic heterocycles. The predicted molar refractivity (Wildman–Crippen MR) is 107 cm³/mol. The van der Waals surface area contributed by atoms with E-state index in [1.165, 1.54) is 31.8 Å². The van der Waals surface area contributed by atoms with Crippen molar-refractivity contribution in [1.29, 1.82) is 0 Å². The number of fused-ring (bicyclic) bond motifs is 1. The number of rotatable bonds is 5. The van der Waals surface area contributed by atoms with Crippen molar-refractivity contribution in [2.75, 3.05) is 14.2 Å². The van der Waals surface area contributed by atoms with Crippen LogP contribution in [-0.4, -0.2) is 23.8 Å². The number of aryl methyl sites for hydroxylation is 1. The Labute approximate surface area is 171 Å². The van der Waals surface area contributed by atoms with Crippen molar-refractivity contribution >= 4 is 10.9 Å². The maximum absolute atomic E-state index is 13.4. The van der Waals surface area contributed by atoms with Crippen molar-refractivity contribution in [2.45, 2.75) is 32.6 Å². The third-order valence-electron chi connectivity index (χ3n) is 4.90. The second-order valence-electron chi connectivity index (χ2n) is 6.98. The Morgan fingerprint density at radius 3 is 2.37 bits per heavy atom. The molecule has 160 valence electrons. The van der Waals surface area contributed by atoms with Crippen LogP contribution in [-0.2, 0) is 12.7 Å². The molecule has 1 atom stereocenters. The molecule has 1 heterocycles. The molecule has 2 N–H and O–H groups in total. The zero-order valence-electron chi connectivity index (χ0n) is 17.0. The average molecular weight is 421 g/mol. The van der Waals surface area contributed by atoms with Gasteiger partial charge < -0.3 is 15.2 Å². The minimum atomic E-state index is -4.60. The fourth-order valence-electron chi connectivity index (χ4n) is 3.37. The minimum Gasteiger partial charge on any atom is -0.493 e. The van der Waals surface area contributed by atoms with Gasteiger partial charge in [-0.2, -0.15) is 13.2 Å². The van der Waals surface area contributed by atoms with Crippen LogP contribution in [0, 0.1) is 6.92 Å². The summed E-state index contributed by atoms with van der Waals surface area (Å²) >= 11 is 0. The van der Waals surface area contributed by atoms with Crippen LogP contribution in [0.25, 0.3) is 10.9 Å². The zero-order chi connectivity index (χ0) is 22.2. The first-order valence-corrected chi connectivity index (χ1v) is 9.15. The van der Waals surface area contributed by atoms with Gasteiger partial charge >= 0.3 is 6.18 Å². The molecule has 0 radical (unpaired) electrons. The molecule has 0 amide bonds. The third-order valence-corrected chi connectivity index (χ3v) is 4.90. The van der Waals surface area contributed by atoms with Gasteiger partial charge in [-0.3, -0.25) is 9.36 Å². The molecule has 0 fully saturated rings. The fraction of sp³-hybridized carbons (Fsp3) is 0.333. The number of alkyl halides is 3. The Balaban J connectivity index is 2.17. The maximum Gasteiger partial charge on any atom is 0.416 e. The molecule has 2 aromatic carbocycles. The molecule has 6 nitrogen and oxygen atoms in total. The maximum atomic E-state index is 13.4. The Kier molecular flexibility index (Phi) is 5.76. The predicted octanol–water partition coefficient (Wildman–Crippen LogP) is 3.81. The van der Waals surface area contributed by atoms with E-state index in [1.807, 2.05) is 0 Å². The van der Waals surface area contributed by atoms with E-state index in [9.17, 15) is 18.0 Å². The Hall–Kier alpha value is -3.07. The summed E-state index contributed by atoms with van der Waals surface area (Å²) in [5.74, 6) is 1.34. The molecule has 3 rings (SSSR count). The minimum absolute atomic E-state index is 0.0159. The Morgan fingerprint density at radius 2 is 1.80 bits per heavy atom. The lowest BCUT2D eigenvalue weighted by atomic mass is 9.99. The van der Waals surface area contributed by atoms with Gasteiger partial charge in [0.1, 0.15) is 5.82 Å². The lowest BCUT2D eigenvalue weighted by Crippen LogP contribution is -2.25. The van der Waals surface area contributed by atoms with Crippen molar-refractivity contribution in [3.05, 3.63) is 63.2 Å². The normalized spacial score (nSPS) is 12.8. The van der Waals surface area contributed by atoms with E-state index in [4.69, 9.17) is 15.2 Å². The highest BCUT2D eigenvalue weighted by atomic mass is 19.4. The first-order valence-electron chi connectivity index (χ1n) is 9.15. The number of benzene rings is 2. The van der Waals surface area contributed by atoms with E-state index in [2.05, 4.69) is 4.98 Å². The van der Waals surface area contributed by atoms with E-state index in [-0.39, 0.29) is 23.0 Å². The summed E-state index contributed by atoms with van der Waals surface area (Å²) < 4.78 is 52.2. The van der Waals surface area contributed by atoms with Crippen molar-refractivity contribution in [2.24, 2.45) is 5.73 Å². The quantitative estimate of drug-likeness (QED) is 0.678. The molecular weight excluding hydrogens is 399 g/mol. The highest BCUT2D eigenvalue weighted by molar-refractivity contribution is 5.80. The molecule has 9 heteroatoms. The molecule has 1 aromatic heterocycles. The van der Waals surface area contributed by atoms with Gasteiger partial charge in [-0.05, 0) is 49.2 Å². The van der Waals surface area contributed by atoms with E-state index >= 15 is 0 Å². The van der Waals surface area contributed by atoms with Crippen molar-refractivity contribution in [3.63, 3.8) is 0 Å². The van der Waals surface area contributed by atoms with Crippen molar-refractivity contribution in [1.82, 2.24) is 9.55 Å². The van der Waals surface area contributed by atoms with Crippen LogP contribution in [0.3, 0.4) is 0 Å². The lowest BCUT2D eigenvalue weighted by Gasteiger charge is -2.18. The molecule has 0 bridgehead atoms. The highest BCUT2D eigenvalue weighted by Crippen LogP contribution is 2.36. The number of nitrogens with zero attached hydrogens (tertiary/aromatic N) is 2. The van der Waals surface area contributed by atoms with Crippen molar-refractivity contribution < 1.29 is 22.6 Å². The molecule has 3 aromatic rings. The third kappa shape index (κ3) is 3.97. The standard InChI is InChI=1S/C21H22F3N3O3/c1-11(25)14-8-15-17(9-16(14)21(22,23)24)26-12(2)27(20(15)28)10-13-5-6-18(29-3)19(7-13)30-4/h5-9,11H,10,25H2,1-4H3/t11-/m1/s1. The number of nitrogens with two attached hydrogens (primary N) is 1. The zero-order valence-corrected chi connectivity index (χ0v) is 17.0. The number of hydrogen-bond donors (Lipinski definition) is 1. The summed E-state index contributed by atoms with van der Waals surface area (Å²) in [7, 11) is 3.02. The SMILES string of the molecule is COc1ccc(Cn2c(C)nc3cc(C(F)(F)F)c([C@@H](C)N)cc3c2=O)cc1OC. The molecule has 0 unspecified atom stereocenters. The lowest BCUT2D eigenvalue weighted by molar-refractivity contribution is -0.138. The summed E-state index contributed by atoms with van der Waals surface area (Å²) in [6.07, 6.45) is -4.60. The van der Waals surface area contributed by atoms with Gasteiger partial charge in [0, 0.05) is 6.04 Å². The largest absolute Gasteiger partial charge is 0.493 e. The van der Waals surface area contributed by atoms with Gasteiger partial charge in [-0.15, -0.1) is 0 Å². The smallest absolute Gasteiger partial charge is 0.416 e. The van der Waals surface area contributed by atoms with E-state index in [1.54, 1.807) is 25.1 Å². The second kappa shape index (κ2) is 7.98. The number of methoxy groups -OCH3 is 2. The van der Waals surface area contributed by atoms with Crippen molar-refractivity contribution in [3.8, 4) is 11.5 Å².